The third-order valence-electron chi connectivity index (χ3n) is 3.60. The van der Waals surface area contributed by atoms with E-state index in [1.165, 1.54) is 5.56 Å². The van der Waals surface area contributed by atoms with Crippen LogP contribution in [0.5, 0.6) is 0 Å². The molecule has 0 aromatic heterocycles. The zero-order valence-corrected chi connectivity index (χ0v) is 10.8. The number of piperazine rings is 1. The van der Waals surface area contributed by atoms with Crippen molar-refractivity contribution in [1.82, 2.24) is 10.2 Å². The van der Waals surface area contributed by atoms with Gasteiger partial charge in [-0.3, -0.25) is 4.79 Å². The van der Waals surface area contributed by atoms with Crippen molar-refractivity contribution in [1.29, 1.82) is 0 Å². The van der Waals surface area contributed by atoms with E-state index >= 15 is 0 Å². The number of hydrogen-bond acceptors (Lipinski definition) is 2. The summed E-state index contributed by atoms with van der Waals surface area (Å²) in [4.78, 5) is 14.5. The molecule has 1 aliphatic heterocycles. The minimum atomic E-state index is 0.167. The second-order valence-corrected chi connectivity index (χ2v) is 4.80. The minimum absolute atomic E-state index is 0.167. The summed E-state index contributed by atoms with van der Waals surface area (Å²) in [6.45, 7) is 8.74. The van der Waals surface area contributed by atoms with Gasteiger partial charge in [-0.25, -0.2) is 0 Å². The van der Waals surface area contributed by atoms with Gasteiger partial charge in [0.2, 0.25) is 0 Å². The van der Waals surface area contributed by atoms with Gasteiger partial charge in [-0.1, -0.05) is 12.1 Å². The van der Waals surface area contributed by atoms with Crippen molar-refractivity contribution in [3.63, 3.8) is 0 Å². The third-order valence-corrected chi connectivity index (χ3v) is 3.60. The van der Waals surface area contributed by atoms with Crippen LogP contribution in [0.15, 0.2) is 18.2 Å². The molecule has 1 saturated heterocycles. The summed E-state index contributed by atoms with van der Waals surface area (Å²) in [7, 11) is 0. The largest absolute Gasteiger partial charge is 0.333 e. The Morgan fingerprint density at radius 2 is 2.18 bits per heavy atom. The van der Waals surface area contributed by atoms with Crippen LogP contribution >= 0.6 is 0 Å². The van der Waals surface area contributed by atoms with Crippen molar-refractivity contribution >= 4 is 5.91 Å². The molecule has 1 N–H and O–H groups in total. The van der Waals surface area contributed by atoms with Crippen LogP contribution in [0.1, 0.15) is 28.4 Å². The zero-order valence-electron chi connectivity index (χ0n) is 10.8. The highest BCUT2D eigenvalue weighted by atomic mass is 16.2. The number of carbonyl (C=O) groups is 1. The molecule has 2 rings (SSSR count). The van der Waals surface area contributed by atoms with Crippen LogP contribution in [0, 0.1) is 13.8 Å². The van der Waals surface area contributed by atoms with Gasteiger partial charge in [0.15, 0.2) is 0 Å². The van der Waals surface area contributed by atoms with Crippen molar-refractivity contribution in [3.05, 3.63) is 34.9 Å². The molecule has 92 valence electrons. The number of carbonyl (C=O) groups excluding carboxylic acids is 1. The Labute approximate surface area is 103 Å². The molecule has 1 atom stereocenters. The first-order chi connectivity index (χ1) is 8.11. The van der Waals surface area contributed by atoms with Gasteiger partial charge in [0.05, 0.1) is 0 Å². The molecule has 17 heavy (non-hydrogen) atoms. The highest BCUT2D eigenvalue weighted by Gasteiger charge is 2.24. The number of nitrogens with zero attached hydrogens (tertiary/aromatic N) is 1. The maximum atomic E-state index is 12.5. The molecule has 3 heteroatoms. The van der Waals surface area contributed by atoms with Crippen LogP contribution in [0.4, 0.5) is 0 Å². The molecule has 1 amide bonds. The Hall–Kier alpha value is -1.35. The van der Waals surface area contributed by atoms with E-state index < -0.39 is 0 Å². The lowest BCUT2D eigenvalue weighted by Crippen LogP contribution is -2.52. The normalized spacial score (nSPS) is 20.4. The maximum Gasteiger partial charge on any atom is 0.254 e. The molecule has 1 aromatic rings. The maximum absolute atomic E-state index is 12.5. The Morgan fingerprint density at radius 3 is 2.88 bits per heavy atom. The summed E-state index contributed by atoms with van der Waals surface area (Å²) in [5, 5.41) is 3.30. The van der Waals surface area contributed by atoms with Crippen LogP contribution < -0.4 is 5.32 Å². The molecule has 1 heterocycles. The summed E-state index contributed by atoms with van der Waals surface area (Å²) in [5.74, 6) is 0.167. The second kappa shape index (κ2) is 4.88. The van der Waals surface area contributed by atoms with E-state index in [2.05, 4.69) is 12.2 Å². The van der Waals surface area contributed by atoms with Crippen LogP contribution in [0.3, 0.4) is 0 Å². The van der Waals surface area contributed by atoms with E-state index in [0.717, 1.165) is 30.8 Å². The lowest BCUT2D eigenvalue weighted by atomic mass is 10.0. The lowest BCUT2D eigenvalue weighted by molar-refractivity contribution is 0.0655. The van der Waals surface area contributed by atoms with Gasteiger partial charge in [0.25, 0.3) is 5.91 Å². The SMILES string of the molecule is Cc1cccc(C(=O)N2CCNC[C@H]2C)c1C. The molecule has 0 saturated carbocycles. The van der Waals surface area contributed by atoms with E-state index in [0.29, 0.717) is 0 Å². The molecule has 1 aromatic carbocycles. The summed E-state index contributed by atoms with van der Waals surface area (Å²) >= 11 is 0. The average molecular weight is 232 g/mol. The highest BCUT2D eigenvalue weighted by molar-refractivity contribution is 5.96. The van der Waals surface area contributed by atoms with E-state index in [1.807, 2.05) is 36.9 Å². The Kier molecular flexibility index (Phi) is 3.48. The van der Waals surface area contributed by atoms with E-state index in [-0.39, 0.29) is 11.9 Å². The van der Waals surface area contributed by atoms with E-state index in [1.54, 1.807) is 0 Å². The fourth-order valence-corrected chi connectivity index (χ4v) is 2.28. The number of rotatable bonds is 1. The quantitative estimate of drug-likeness (QED) is 0.800. The van der Waals surface area contributed by atoms with Crippen molar-refractivity contribution in [2.45, 2.75) is 26.8 Å². The molecule has 1 aliphatic rings. The average Bonchev–Trinajstić information content (AvgIpc) is 2.32. The summed E-state index contributed by atoms with van der Waals surface area (Å²) in [5.41, 5.74) is 3.13. The molecule has 0 bridgehead atoms. The van der Waals surface area contributed by atoms with Crippen LogP contribution in [0.2, 0.25) is 0 Å². The van der Waals surface area contributed by atoms with Gasteiger partial charge in [-0.2, -0.15) is 0 Å². The monoisotopic (exact) mass is 232 g/mol. The fourth-order valence-electron chi connectivity index (χ4n) is 2.28. The molecule has 0 spiro atoms. The van der Waals surface area contributed by atoms with Crippen molar-refractivity contribution in [2.75, 3.05) is 19.6 Å². The summed E-state index contributed by atoms with van der Waals surface area (Å²) in [6, 6.07) is 6.21. The molecule has 0 unspecified atom stereocenters. The molecule has 0 radical (unpaired) electrons. The second-order valence-electron chi connectivity index (χ2n) is 4.80. The fraction of sp³-hybridized carbons (Fsp3) is 0.500. The molecule has 1 fully saturated rings. The van der Waals surface area contributed by atoms with Gasteiger partial charge in [0, 0.05) is 31.2 Å². The predicted molar refractivity (Wildman–Crippen MR) is 69.3 cm³/mol. The van der Waals surface area contributed by atoms with E-state index in [4.69, 9.17) is 0 Å². The third kappa shape index (κ3) is 2.34. The topological polar surface area (TPSA) is 32.3 Å². The van der Waals surface area contributed by atoms with Crippen molar-refractivity contribution in [3.8, 4) is 0 Å². The number of benzene rings is 1. The number of nitrogens with one attached hydrogen (secondary N) is 1. The van der Waals surface area contributed by atoms with Crippen LogP contribution in [-0.4, -0.2) is 36.5 Å². The highest BCUT2D eigenvalue weighted by Crippen LogP contribution is 2.17. The first kappa shape index (κ1) is 12.1. The molecular formula is C14H20N2O. The molecular weight excluding hydrogens is 212 g/mol. The predicted octanol–water partition coefficient (Wildman–Crippen LogP) is 1.74. The van der Waals surface area contributed by atoms with Gasteiger partial charge in [-0.15, -0.1) is 0 Å². The summed E-state index contributed by atoms with van der Waals surface area (Å²) in [6.07, 6.45) is 0. The van der Waals surface area contributed by atoms with Crippen LogP contribution in [-0.2, 0) is 0 Å². The first-order valence-electron chi connectivity index (χ1n) is 6.19. The number of hydrogen-bond donors (Lipinski definition) is 1. The van der Waals surface area contributed by atoms with E-state index in [9.17, 15) is 4.79 Å². The van der Waals surface area contributed by atoms with Crippen molar-refractivity contribution in [2.24, 2.45) is 0 Å². The smallest absolute Gasteiger partial charge is 0.254 e. The standard InChI is InChI=1S/C14H20N2O/c1-10-5-4-6-13(12(10)3)14(17)16-8-7-15-9-11(16)2/h4-6,11,15H,7-9H2,1-3H3/t11-/m1/s1. The van der Waals surface area contributed by atoms with Crippen LogP contribution in [0.25, 0.3) is 0 Å². The van der Waals surface area contributed by atoms with Gasteiger partial charge >= 0.3 is 0 Å². The Balaban J connectivity index is 2.27. The zero-order chi connectivity index (χ0) is 12.4. The number of aryl methyl sites for hydroxylation is 1. The van der Waals surface area contributed by atoms with Gasteiger partial charge in [-0.05, 0) is 38.0 Å². The molecule has 0 aliphatic carbocycles. The molecule has 3 nitrogen and oxygen atoms in total. The van der Waals surface area contributed by atoms with Gasteiger partial charge in [0.1, 0.15) is 0 Å². The Bertz CT molecular complexity index is 428. The minimum Gasteiger partial charge on any atom is -0.333 e. The lowest BCUT2D eigenvalue weighted by Gasteiger charge is -2.34. The van der Waals surface area contributed by atoms with Crippen molar-refractivity contribution < 1.29 is 4.79 Å². The first-order valence-corrected chi connectivity index (χ1v) is 6.19. The Morgan fingerprint density at radius 1 is 1.41 bits per heavy atom. The van der Waals surface area contributed by atoms with Gasteiger partial charge < -0.3 is 10.2 Å². The summed E-state index contributed by atoms with van der Waals surface area (Å²) < 4.78 is 0. The number of amides is 1.